The molecule has 2 nitrogen and oxygen atoms in total. The molecule has 0 atom stereocenters. The molecule has 0 saturated carbocycles. The maximum Gasteiger partial charge on any atom is 0.160 e. The van der Waals surface area contributed by atoms with Crippen LogP contribution in [0.15, 0.2) is 206 Å². The molecular weight excluding hydrogens is 653 g/mol. The second-order valence-electron chi connectivity index (χ2n) is 13.7. The van der Waals surface area contributed by atoms with Gasteiger partial charge in [0.1, 0.15) is 0 Å². The highest BCUT2D eigenvalue weighted by atomic mass is 14.9. The Morgan fingerprint density at radius 2 is 0.815 bits per heavy atom. The van der Waals surface area contributed by atoms with E-state index in [4.69, 9.17) is 9.97 Å². The van der Waals surface area contributed by atoms with Crippen LogP contribution in [0.3, 0.4) is 0 Å². The predicted molar refractivity (Wildman–Crippen MR) is 227 cm³/mol. The number of hydrogen-bond acceptors (Lipinski definition) is 2. The normalized spacial score (nSPS) is 11.3. The van der Waals surface area contributed by atoms with Crippen molar-refractivity contribution in [2.75, 3.05) is 0 Å². The molecule has 1 heterocycles. The van der Waals surface area contributed by atoms with E-state index in [0.717, 1.165) is 55.5 Å². The Kier molecular flexibility index (Phi) is 7.85. The lowest BCUT2D eigenvalue weighted by atomic mass is 9.85. The first kappa shape index (κ1) is 31.6. The van der Waals surface area contributed by atoms with Crippen LogP contribution in [0, 0.1) is 0 Å². The van der Waals surface area contributed by atoms with Crippen molar-refractivity contribution in [3.8, 4) is 67.3 Å². The van der Waals surface area contributed by atoms with Gasteiger partial charge in [0, 0.05) is 16.7 Å². The van der Waals surface area contributed by atoms with Gasteiger partial charge >= 0.3 is 0 Å². The number of nitrogens with zero attached hydrogens (tertiary/aromatic N) is 2. The second-order valence-corrected chi connectivity index (χ2v) is 13.7. The van der Waals surface area contributed by atoms with E-state index in [1.165, 1.54) is 38.2 Å². The average Bonchev–Trinajstić information content (AvgIpc) is 3.26. The quantitative estimate of drug-likeness (QED) is 0.129. The van der Waals surface area contributed by atoms with Gasteiger partial charge in [0.05, 0.1) is 11.4 Å². The molecule has 0 bridgehead atoms. The van der Waals surface area contributed by atoms with Crippen molar-refractivity contribution >= 4 is 32.3 Å². The maximum absolute atomic E-state index is 5.44. The van der Waals surface area contributed by atoms with Crippen molar-refractivity contribution < 1.29 is 0 Å². The summed E-state index contributed by atoms with van der Waals surface area (Å²) < 4.78 is 0. The topological polar surface area (TPSA) is 25.8 Å². The molecule has 10 aromatic rings. The van der Waals surface area contributed by atoms with Crippen LogP contribution in [0.4, 0.5) is 0 Å². The summed E-state index contributed by atoms with van der Waals surface area (Å²) in [5.74, 6) is 0.694. The molecule has 0 N–H and O–H groups in total. The third-order valence-corrected chi connectivity index (χ3v) is 10.5. The highest BCUT2D eigenvalue weighted by Gasteiger charge is 2.22. The highest BCUT2D eigenvalue weighted by molar-refractivity contribution is 6.27. The summed E-state index contributed by atoms with van der Waals surface area (Å²) in [5, 5.41) is 7.18. The first-order valence-electron chi connectivity index (χ1n) is 18.4. The molecule has 0 radical (unpaired) electrons. The Morgan fingerprint density at radius 3 is 1.50 bits per heavy atom. The van der Waals surface area contributed by atoms with Crippen LogP contribution in [0.2, 0.25) is 0 Å². The Morgan fingerprint density at radius 1 is 0.278 bits per heavy atom. The number of rotatable bonds is 6. The lowest BCUT2D eigenvalue weighted by Crippen LogP contribution is -1.99. The zero-order valence-corrected chi connectivity index (χ0v) is 29.5. The van der Waals surface area contributed by atoms with Gasteiger partial charge in [0.25, 0.3) is 0 Å². The van der Waals surface area contributed by atoms with Crippen molar-refractivity contribution in [2.24, 2.45) is 0 Å². The zero-order chi connectivity index (χ0) is 35.8. The van der Waals surface area contributed by atoms with Crippen LogP contribution < -0.4 is 0 Å². The van der Waals surface area contributed by atoms with Gasteiger partial charge in [-0.05, 0) is 77.8 Å². The fourth-order valence-electron chi connectivity index (χ4n) is 7.99. The summed E-state index contributed by atoms with van der Waals surface area (Å²) in [6.07, 6.45) is 0. The molecule has 54 heavy (non-hydrogen) atoms. The van der Waals surface area contributed by atoms with Crippen LogP contribution in [0.1, 0.15) is 0 Å². The van der Waals surface area contributed by atoms with Crippen molar-refractivity contribution in [1.29, 1.82) is 0 Å². The van der Waals surface area contributed by atoms with Gasteiger partial charge < -0.3 is 0 Å². The summed E-state index contributed by atoms with van der Waals surface area (Å²) in [6.45, 7) is 0. The monoisotopic (exact) mass is 686 g/mol. The van der Waals surface area contributed by atoms with E-state index in [-0.39, 0.29) is 0 Å². The lowest BCUT2D eigenvalue weighted by Gasteiger charge is -2.20. The van der Waals surface area contributed by atoms with Crippen LogP contribution in [0.25, 0.3) is 99.6 Å². The first-order valence-corrected chi connectivity index (χ1v) is 18.4. The lowest BCUT2D eigenvalue weighted by molar-refractivity contribution is 1.19. The molecule has 0 spiro atoms. The van der Waals surface area contributed by atoms with Crippen molar-refractivity contribution in [1.82, 2.24) is 9.97 Å². The molecule has 2 heteroatoms. The third-order valence-electron chi connectivity index (χ3n) is 10.5. The van der Waals surface area contributed by atoms with Gasteiger partial charge in [-0.25, -0.2) is 9.97 Å². The summed E-state index contributed by atoms with van der Waals surface area (Å²) in [5.41, 5.74) is 11.9. The smallest absolute Gasteiger partial charge is 0.160 e. The molecule has 0 fully saturated rings. The molecule has 9 aromatic carbocycles. The van der Waals surface area contributed by atoms with Gasteiger partial charge in [-0.15, -0.1) is 0 Å². The Balaban J connectivity index is 1.31. The highest BCUT2D eigenvalue weighted by Crippen LogP contribution is 2.47. The Bertz CT molecular complexity index is 2960. The number of aromatic nitrogens is 2. The van der Waals surface area contributed by atoms with Crippen molar-refractivity contribution in [3.05, 3.63) is 206 Å². The Labute approximate surface area is 314 Å². The van der Waals surface area contributed by atoms with Gasteiger partial charge in [-0.3, -0.25) is 0 Å². The van der Waals surface area contributed by atoms with E-state index in [1.807, 2.05) is 6.07 Å². The summed E-state index contributed by atoms with van der Waals surface area (Å²) >= 11 is 0. The molecule has 0 amide bonds. The number of benzene rings is 9. The molecular formula is C52H34N2. The zero-order valence-electron chi connectivity index (χ0n) is 29.5. The molecule has 0 aliphatic heterocycles. The van der Waals surface area contributed by atoms with E-state index < -0.39 is 0 Å². The molecule has 0 aliphatic carbocycles. The number of fused-ring (bicyclic) bond motifs is 4. The SMILES string of the molecule is c1ccc(-c2ccc(-c3cc(-c4c5ccccc5c(-c5ccccc5)c5c4ccc4ccccc45)nc(-c4ccccc4)n3)c(-c3ccccc3)c2)cc1. The van der Waals surface area contributed by atoms with E-state index in [1.54, 1.807) is 0 Å². The standard InChI is InChI=1S/C52H34N2/c1-5-17-35(18-6-1)40-30-31-42(46(33-40)36-19-7-2-8-20-36)47-34-48(54-52(53-47)39-24-11-4-12-25-39)50-44-28-16-15-27-43(44)49(38-22-9-3-10-23-38)51-41-26-14-13-21-37(41)29-32-45(50)51/h1-34H. The fourth-order valence-corrected chi connectivity index (χ4v) is 7.99. The van der Waals surface area contributed by atoms with Gasteiger partial charge in [0.2, 0.25) is 0 Å². The Hall–Kier alpha value is -7.16. The summed E-state index contributed by atoms with van der Waals surface area (Å²) in [6, 6.07) is 73.4. The van der Waals surface area contributed by atoms with Crippen LogP contribution in [-0.2, 0) is 0 Å². The fraction of sp³-hybridized carbons (Fsp3) is 0. The molecule has 1 aromatic heterocycles. The number of hydrogen-bond donors (Lipinski definition) is 0. The third kappa shape index (κ3) is 5.53. The second kappa shape index (κ2) is 13.4. The molecule has 252 valence electrons. The molecule has 10 rings (SSSR count). The largest absolute Gasteiger partial charge is 0.228 e. The molecule has 0 aliphatic rings. The molecule has 0 saturated heterocycles. The van der Waals surface area contributed by atoms with Gasteiger partial charge in [-0.1, -0.05) is 194 Å². The first-order chi connectivity index (χ1) is 26.8. The predicted octanol–water partition coefficient (Wildman–Crippen LogP) is 13.9. The maximum atomic E-state index is 5.44. The van der Waals surface area contributed by atoms with Gasteiger partial charge in [-0.2, -0.15) is 0 Å². The minimum Gasteiger partial charge on any atom is -0.228 e. The van der Waals surface area contributed by atoms with E-state index in [0.29, 0.717) is 5.82 Å². The van der Waals surface area contributed by atoms with Crippen LogP contribution in [-0.4, -0.2) is 9.97 Å². The average molecular weight is 687 g/mol. The van der Waals surface area contributed by atoms with E-state index in [9.17, 15) is 0 Å². The van der Waals surface area contributed by atoms with Crippen LogP contribution >= 0.6 is 0 Å². The van der Waals surface area contributed by atoms with Crippen molar-refractivity contribution in [2.45, 2.75) is 0 Å². The van der Waals surface area contributed by atoms with Gasteiger partial charge in [0.15, 0.2) is 5.82 Å². The summed E-state index contributed by atoms with van der Waals surface area (Å²) in [4.78, 5) is 10.8. The minimum atomic E-state index is 0.694. The van der Waals surface area contributed by atoms with Crippen molar-refractivity contribution in [3.63, 3.8) is 0 Å². The molecule has 0 unspecified atom stereocenters. The summed E-state index contributed by atoms with van der Waals surface area (Å²) in [7, 11) is 0. The van der Waals surface area contributed by atoms with E-state index in [2.05, 4.69) is 200 Å². The van der Waals surface area contributed by atoms with E-state index >= 15 is 0 Å². The minimum absolute atomic E-state index is 0.694. The van der Waals surface area contributed by atoms with Crippen LogP contribution in [0.5, 0.6) is 0 Å².